The number of carbonyl (C=O) groups excluding carboxylic acids is 2. The van der Waals surface area contributed by atoms with Gasteiger partial charge in [-0.2, -0.15) is 4.72 Å². The van der Waals surface area contributed by atoms with Gasteiger partial charge in [0.15, 0.2) is 6.61 Å². The average Bonchev–Trinajstić information content (AvgIpc) is 2.77. The van der Waals surface area contributed by atoms with Crippen LogP contribution in [-0.2, 0) is 19.6 Å². The standard InChI is InChI=1S/C22H29N3O6S/c1-5-23-20(26)14-31-18-8-6-16(7-9-18)24-22(27)21(15(2)3)25-32(28,29)19-12-10-17(30-4)11-13-19/h6-13,15,21,25H,5,14H2,1-4H3,(H,23,26)(H,24,27)/t21-/m0/s1. The average molecular weight is 464 g/mol. The highest BCUT2D eigenvalue weighted by Gasteiger charge is 2.28. The van der Waals surface area contributed by atoms with E-state index in [4.69, 9.17) is 9.47 Å². The van der Waals surface area contributed by atoms with E-state index in [2.05, 4.69) is 15.4 Å². The Morgan fingerprint density at radius 1 is 0.969 bits per heavy atom. The van der Waals surface area contributed by atoms with Gasteiger partial charge >= 0.3 is 0 Å². The largest absolute Gasteiger partial charge is 0.497 e. The minimum Gasteiger partial charge on any atom is -0.497 e. The Morgan fingerprint density at radius 3 is 2.09 bits per heavy atom. The van der Waals surface area contributed by atoms with Crippen molar-refractivity contribution in [1.29, 1.82) is 0 Å². The third kappa shape index (κ3) is 7.24. The predicted octanol–water partition coefficient (Wildman–Crippen LogP) is 2.15. The number of hydrogen-bond donors (Lipinski definition) is 3. The number of benzene rings is 2. The summed E-state index contributed by atoms with van der Waals surface area (Å²) in [6, 6.07) is 11.4. The zero-order valence-corrected chi connectivity index (χ0v) is 19.4. The normalized spacial score (nSPS) is 12.2. The van der Waals surface area contributed by atoms with Crippen LogP contribution in [0.4, 0.5) is 5.69 Å². The molecule has 0 spiro atoms. The molecule has 2 amide bonds. The van der Waals surface area contributed by atoms with Gasteiger partial charge in [0.25, 0.3) is 5.91 Å². The number of rotatable bonds is 11. The van der Waals surface area contributed by atoms with Crippen LogP contribution in [0, 0.1) is 5.92 Å². The Hall–Kier alpha value is -3.11. The minimum atomic E-state index is -3.92. The van der Waals surface area contributed by atoms with Crippen molar-refractivity contribution in [2.75, 3.05) is 25.6 Å². The Morgan fingerprint density at radius 2 is 1.56 bits per heavy atom. The second-order valence-electron chi connectivity index (χ2n) is 7.27. The molecule has 0 radical (unpaired) electrons. The van der Waals surface area contributed by atoms with Crippen LogP contribution >= 0.6 is 0 Å². The first kappa shape index (κ1) is 25.2. The number of methoxy groups -OCH3 is 1. The predicted molar refractivity (Wildman–Crippen MR) is 121 cm³/mol. The highest BCUT2D eigenvalue weighted by Crippen LogP contribution is 2.19. The third-order valence-electron chi connectivity index (χ3n) is 4.47. The quantitative estimate of drug-likeness (QED) is 0.469. The van der Waals surface area contributed by atoms with Gasteiger partial charge < -0.3 is 20.1 Å². The molecule has 0 aliphatic heterocycles. The van der Waals surface area contributed by atoms with Crippen molar-refractivity contribution in [3.05, 3.63) is 48.5 Å². The first-order valence-electron chi connectivity index (χ1n) is 10.1. The van der Waals surface area contributed by atoms with Crippen molar-refractivity contribution >= 4 is 27.5 Å². The summed E-state index contributed by atoms with van der Waals surface area (Å²) in [5.74, 6) is -0.0278. The lowest BCUT2D eigenvalue weighted by molar-refractivity contribution is -0.123. The molecule has 0 unspecified atom stereocenters. The topological polar surface area (TPSA) is 123 Å². The molecule has 0 heterocycles. The fraction of sp³-hybridized carbons (Fsp3) is 0.364. The summed E-state index contributed by atoms with van der Waals surface area (Å²) in [4.78, 5) is 24.3. The van der Waals surface area contributed by atoms with Gasteiger partial charge in [0.05, 0.1) is 12.0 Å². The van der Waals surface area contributed by atoms with Crippen LogP contribution in [0.5, 0.6) is 11.5 Å². The maximum absolute atomic E-state index is 12.8. The first-order chi connectivity index (χ1) is 15.2. The summed E-state index contributed by atoms with van der Waals surface area (Å²) in [7, 11) is -2.43. The van der Waals surface area contributed by atoms with E-state index in [1.807, 2.05) is 6.92 Å². The molecule has 0 aliphatic rings. The number of ether oxygens (including phenoxy) is 2. The highest BCUT2D eigenvalue weighted by atomic mass is 32.2. The van der Waals surface area contributed by atoms with Crippen LogP contribution in [-0.4, -0.2) is 46.5 Å². The van der Waals surface area contributed by atoms with Gasteiger partial charge in [0, 0.05) is 12.2 Å². The molecule has 9 nitrogen and oxygen atoms in total. The summed E-state index contributed by atoms with van der Waals surface area (Å²) in [6.45, 7) is 5.73. The van der Waals surface area contributed by atoms with Crippen molar-refractivity contribution in [3.63, 3.8) is 0 Å². The van der Waals surface area contributed by atoms with E-state index < -0.39 is 22.0 Å². The van der Waals surface area contributed by atoms with Gasteiger partial charge in [-0.1, -0.05) is 13.8 Å². The van der Waals surface area contributed by atoms with E-state index in [1.165, 1.54) is 31.4 Å². The Balaban J connectivity index is 2.04. The molecule has 3 N–H and O–H groups in total. The van der Waals surface area contributed by atoms with Crippen molar-refractivity contribution in [3.8, 4) is 11.5 Å². The van der Waals surface area contributed by atoms with E-state index in [9.17, 15) is 18.0 Å². The number of nitrogens with one attached hydrogen (secondary N) is 3. The van der Waals surface area contributed by atoms with Gasteiger partial charge in [-0.3, -0.25) is 9.59 Å². The molecule has 0 aliphatic carbocycles. The van der Waals surface area contributed by atoms with Crippen molar-refractivity contribution < 1.29 is 27.5 Å². The molecule has 2 aromatic carbocycles. The number of amides is 2. The van der Waals surface area contributed by atoms with E-state index in [0.29, 0.717) is 23.7 Å². The van der Waals surface area contributed by atoms with E-state index in [-0.39, 0.29) is 23.3 Å². The molecule has 0 fully saturated rings. The molecule has 2 rings (SSSR count). The number of sulfonamides is 1. The Kier molecular flexibility index (Phi) is 9.03. The van der Waals surface area contributed by atoms with Crippen LogP contribution < -0.4 is 24.8 Å². The van der Waals surface area contributed by atoms with Gasteiger partial charge in [-0.15, -0.1) is 0 Å². The van der Waals surface area contributed by atoms with E-state index in [0.717, 1.165) is 0 Å². The maximum atomic E-state index is 12.8. The summed E-state index contributed by atoms with van der Waals surface area (Å²) < 4.78 is 38.4. The number of anilines is 1. The van der Waals surface area contributed by atoms with Crippen molar-refractivity contribution in [1.82, 2.24) is 10.0 Å². The molecule has 0 saturated heterocycles. The van der Waals surface area contributed by atoms with Gasteiger partial charge in [0.2, 0.25) is 15.9 Å². The van der Waals surface area contributed by atoms with Gasteiger partial charge in [-0.25, -0.2) is 8.42 Å². The molecular weight excluding hydrogens is 434 g/mol. The van der Waals surface area contributed by atoms with Crippen LogP contribution in [0.1, 0.15) is 20.8 Å². The molecule has 0 bridgehead atoms. The number of likely N-dealkylation sites (N-methyl/N-ethyl adjacent to an activating group) is 1. The summed E-state index contributed by atoms with van der Waals surface area (Å²) in [5.41, 5.74) is 0.467. The number of carbonyl (C=O) groups is 2. The van der Waals surface area contributed by atoms with Crippen molar-refractivity contribution in [2.24, 2.45) is 5.92 Å². The lowest BCUT2D eigenvalue weighted by atomic mass is 10.0. The summed E-state index contributed by atoms with van der Waals surface area (Å²) in [5, 5.41) is 5.34. The molecular formula is C22H29N3O6S. The van der Waals surface area contributed by atoms with Crippen LogP contribution in [0.2, 0.25) is 0 Å². The zero-order valence-electron chi connectivity index (χ0n) is 18.5. The number of hydrogen-bond acceptors (Lipinski definition) is 6. The minimum absolute atomic E-state index is 0.0327. The van der Waals surface area contributed by atoms with E-state index >= 15 is 0 Å². The fourth-order valence-electron chi connectivity index (χ4n) is 2.73. The zero-order chi connectivity index (χ0) is 23.7. The molecule has 32 heavy (non-hydrogen) atoms. The van der Waals surface area contributed by atoms with Crippen molar-refractivity contribution in [2.45, 2.75) is 31.7 Å². The summed E-state index contributed by atoms with van der Waals surface area (Å²) in [6.07, 6.45) is 0. The Labute approximate surface area is 188 Å². The van der Waals surface area contributed by atoms with Gasteiger partial charge in [-0.05, 0) is 61.4 Å². The SMILES string of the molecule is CCNC(=O)COc1ccc(NC(=O)[C@@H](NS(=O)(=O)c2ccc(OC)cc2)C(C)C)cc1. The fourth-order valence-corrected chi connectivity index (χ4v) is 4.08. The second kappa shape index (κ2) is 11.5. The van der Waals surface area contributed by atoms with Crippen LogP contribution in [0.25, 0.3) is 0 Å². The highest BCUT2D eigenvalue weighted by molar-refractivity contribution is 7.89. The maximum Gasteiger partial charge on any atom is 0.257 e. The second-order valence-corrected chi connectivity index (χ2v) is 8.99. The van der Waals surface area contributed by atoms with Crippen LogP contribution in [0.3, 0.4) is 0 Å². The summed E-state index contributed by atoms with van der Waals surface area (Å²) >= 11 is 0. The lowest BCUT2D eigenvalue weighted by Gasteiger charge is -2.22. The Bertz CT molecular complexity index is 1000. The van der Waals surface area contributed by atoms with E-state index in [1.54, 1.807) is 38.1 Å². The molecule has 10 heteroatoms. The molecule has 1 atom stereocenters. The molecule has 0 aromatic heterocycles. The van der Waals surface area contributed by atoms with Gasteiger partial charge in [0.1, 0.15) is 17.5 Å². The first-order valence-corrected chi connectivity index (χ1v) is 11.6. The van der Waals surface area contributed by atoms with Crippen LogP contribution in [0.15, 0.2) is 53.4 Å². The smallest absolute Gasteiger partial charge is 0.257 e. The lowest BCUT2D eigenvalue weighted by Crippen LogP contribution is -2.47. The monoisotopic (exact) mass is 463 g/mol. The molecule has 2 aromatic rings. The third-order valence-corrected chi connectivity index (χ3v) is 5.92. The molecule has 0 saturated carbocycles. The molecule has 174 valence electrons.